The summed E-state index contributed by atoms with van der Waals surface area (Å²) in [5.74, 6) is -0.549. The fourth-order valence-corrected chi connectivity index (χ4v) is 2.09. The maximum Gasteiger partial charge on any atom is 0.274 e. The molecule has 0 fully saturated rings. The molecule has 2 aromatic heterocycles. The van der Waals surface area contributed by atoms with Crippen LogP contribution < -0.4 is 16.2 Å². The van der Waals surface area contributed by atoms with Gasteiger partial charge in [-0.1, -0.05) is 13.0 Å². The van der Waals surface area contributed by atoms with Crippen LogP contribution in [0.4, 0.5) is 5.69 Å². The Morgan fingerprint density at radius 1 is 1.17 bits per heavy atom. The molecule has 7 nitrogen and oxygen atoms in total. The number of nitrogens with one attached hydrogen (secondary N) is 2. The number of amides is 2. The quantitative estimate of drug-likeness (QED) is 0.834. The minimum atomic E-state index is -0.398. The van der Waals surface area contributed by atoms with Crippen molar-refractivity contribution in [2.75, 3.05) is 5.32 Å². The molecule has 0 atom stereocenters. The van der Waals surface area contributed by atoms with E-state index in [4.69, 9.17) is 0 Å². The zero-order chi connectivity index (χ0) is 17.5. The highest BCUT2D eigenvalue weighted by Gasteiger charge is 2.11. The molecular formula is C17H20N4O3. The summed E-state index contributed by atoms with van der Waals surface area (Å²) >= 11 is 0. The molecule has 2 N–H and O–H groups in total. The Morgan fingerprint density at radius 2 is 1.96 bits per heavy atom. The molecule has 0 unspecified atom stereocenters. The van der Waals surface area contributed by atoms with E-state index in [1.165, 1.54) is 4.57 Å². The molecule has 0 saturated heterocycles. The number of aryl methyl sites for hydroxylation is 1. The highest BCUT2D eigenvalue weighted by Crippen LogP contribution is 2.04. The first-order chi connectivity index (χ1) is 11.5. The van der Waals surface area contributed by atoms with Crippen molar-refractivity contribution in [3.05, 3.63) is 58.3 Å². The van der Waals surface area contributed by atoms with Crippen LogP contribution in [0, 0.1) is 6.92 Å². The van der Waals surface area contributed by atoms with Crippen LogP contribution in [0.2, 0.25) is 0 Å². The van der Waals surface area contributed by atoms with E-state index in [9.17, 15) is 14.4 Å². The van der Waals surface area contributed by atoms with Crippen LogP contribution in [0.5, 0.6) is 0 Å². The molecule has 0 saturated carbocycles. The second-order valence-corrected chi connectivity index (χ2v) is 5.28. The van der Waals surface area contributed by atoms with Crippen molar-refractivity contribution in [1.29, 1.82) is 0 Å². The molecule has 2 rings (SSSR count). The number of rotatable bonds is 6. The first-order valence-electron chi connectivity index (χ1n) is 7.68. The van der Waals surface area contributed by atoms with Crippen molar-refractivity contribution in [3.63, 3.8) is 0 Å². The molecule has 0 bridgehead atoms. The molecule has 0 aliphatic carbocycles. The van der Waals surface area contributed by atoms with E-state index in [1.807, 2.05) is 6.07 Å². The number of nitrogens with zero attached hydrogens (tertiary/aromatic N) is 2. The maximum absolute atomic E-state index is 12.4. The summed E-state index contributed by atoms with van der Waals surface area (Å²) in [5, 5.41) is 5.27. The molecule has 7 heteroatoms. The predicted octanol–water partition coefficient (Wildman–Crippen LogP) is 1.22. The van der Waals surface area contributed by atoms with Crippen molar-refractivity contribution in [1.82, 2.24) is 14.9 Å². The monoisotopic (exact) mass is 328 g/mol. The van der Waals surface area contributed by atoms with Crippen LogP contribution in [0.15, 0.2) is 41.3 Å². The number of hydrogen-bond acceptors (Lipinski definition) is 4. The van der Waals surface area contributed by atoms with Gasteiger partial charge in [0, 0.05) is 18.3 Å². The van der Waals surface area contributed by atoms with Gasteiger partial charge in [-0.3, -0.25) is 19.4 Å². The fourth-order valence-electron chi connectivity index (χ4n) is 2.09. The molecular weight excluding hydrogens is 308 g/mol. The molecule has 2 aromatic rings. The third-order valence-corrected chi connectivity index (χ3v) is 3.48. The number of carbonyl (C=O) groups is 2. The Bertz CT molecular complexity index is 784. The second-order valence-electron chi connectivity index (χ2n) is 5.28. The van der Waals surface area contributed by atoms with Crippen LogP contribution in [0.1, 0.15) is 24.7 Å². The molecule has 0 aliphatic rings. The molecule has 126 valence electrons. The maximum atomic E-state index is 12.4. The van der Waals surface area contributed by atoms with Crippen LogP contribution in [-0.2, 0) is 22.7 Å². The van der Waals surface area contributed by atoms with Gasteiger partial charge in [-0.15, -0.1) is 0 Å². The average molecular weight is 328 g/mol. The second kappa shape index (κ2) is 8.05. The lowest BCUT2D eigenvalue weighted by Crippen LogP contribution is -2.34. The van der Waals surface area contributed by atoms with Gasteiger partial charge in [-0.25, -0.2) is 0 Å². The highest BCUT2D eigenvalue weighted by atomic mass is 16.2. The van der Waals surface area contributed by atoms with E-state index in [1.54, 1.807) is 44.3 Å². The van der Waals surface area contributed by atoms with Crippen LogP contribution >= 0.6 is 0 Å². The standard InChI is InChI=1S/C17H20N4O3/c1-3-15(22)20-14-8-7-12(2)21(17(14)24)11-16(23)19-10-13-6-4-5-9-18-13/h4-9H,3,10-11H2,1-2H3,(H,19,23)(H,20,22). The van der Waals surface area contributed by atoms with E-state index >= 15 is 0 Å². The average Bonchev–Trinajstić information content (AvgIpc) is 2.60. The Labute approximate surface area is 139 Å². The molecule has 0 spiro atoms. The smallest absolute Gasteiger partial charge is 0.274 e. The zero-order valence-corrected chi connectivity index (χ0v) is 13.7. The normalized spacial score (nSPS) is 10.2. The number of hydrogen-bond donors (Lipinski definition) is 2. The molecule has 0 aliphatic heterocycles. The van der Waals surface area contributed by atoms with Crippen LogP contribution in [0.25, 0.3) is 0 Å². The summed E-state index contributed by atoms with van der Waals surface area (Å²) in [6.45, 7) is 3.61. The lowest BCUT2D eigenvalue weighted by molar-refractivity contribution is -0.122. The van der Waals surface area contributed by atoms with E-state index in [0.717, 1.165) is 5.69 Å². The van der Waals surface area contributed by atoms with E-state index in [-0.39, 0.29) is 30.5 Å². The lowest BCUT2D eigenvalue weighted by Gasteiger charge is -2.12. The van der Waals surface area contributed by atoms with Gasteiger partial charge in [0.15, 0.2) is 0 Å². The van der Waals surface area contributed by atoms with Crippen molar-refractivity contribution >= 4 is 17.5 Å². The summed E-state index contributed by atoms with van der Waals surface area (Å²) in [4.78, 5) is 40.1. The topological polar surface area (TPSA) is 93.1 Å². The summed E-state index contributed by atoms with van der Waals surface area (Å²) < 4.78 is 1.33. The van der Waals surface area contributed by atoms with Gasteiger partial charge >= 0.3 is 0 Å². The van der Waals surface area contributed by atoms with Gasteiger partial charge in [0.2, 0.25) is 11.8 Å². The van der Waals surface area contributed by atoms with Gasteiger partial charge < -0.3 is 15.2 Å². The summed E-state index contributed by atoms with van der Waals surface area (Å²) in [6, 6.07) is 8.68. The van der Waals surface area contributed by atoms with E-state index in [0.29, 0.717) is 12.2 Å². The van der Waals surface area contributed by atoms with Crippen molar-refractivity contribution in [2.24, 2.45) is 0 Å². The molecule has 0 aromatic carbocycles. The van der Waals surface area contributed by atoms with Crippen molar-refractivity contribution < 1.29 is 9.59 Å². The van der Waals surface area contributed by atoms with Crippen molar-refractivity contribution in [3.8, 4) is 0 Å². The third kappa shape index (κ3) is 4.52. The Kier molecular flexibility index (Phi) is 5.83. The predicted molar refractivity (Wildman–Crippen MR) is 90.4 cm³/mol. The zero-order valence-electron chi connectivity index (χ0n) is 13.7. The van der Waals surface area contributed by atoms with Crippen LogP contribution in [-0.4, -0.2) is 21.4 Å². The molecule has 2 heterocycles. The minimum Gasteiger partial charge on any atom is -0.349 e. The molecule has 0 radical (unpaired) electrons. The number of carbonyl (C=O) groups excluding carboxylic acids is 2. The Hall–Kier alpha value is -2.96. The number of pyridine rings is 2. The van der Waals surface area contributed by atoms with Gasteiger partial charge in [0.1, 0.15) is 12.2 Å². The third-order valence-electron chi connectivity index (χ3n) is 3.48. The fraction of sp³-hybridized carbons (Fsp3) is 0.294. The van der Waals surface area contributed by atoms with Gasteiger partial charge in [-0.2, -0.15) is 0 Å². The Balaban J connectivity index is 2.08. The summed E-state index contributed by atoms with van der Waals surface area (Å²) in [7, 11) is 0. The molecule has 2 amide bonds. The first-order valence-corrected chi connectivity index (χ1v) is 7.68. The van der Waals surface area contributed by atoms with Crippen molar-refractivity contribution in [2.45, 2.75) is 33.4 Å². The van der Waals surface area contributed by atoms with Crippen LogP contribution in [0.3, 0.4) is 0 Å². The molecule has 24 heavy (non-hydrogen) atoms. The minimum absolute atomic E-state index is 0.118. The summed E-state index contributed by atoms with van der Waals surface area (Å²) in [6.07, 6.45) is 1.92. The first kappa shape index (κ1) is 17.4. The van der Waals surface area contributed by atoms with E-state index in [2.05, 4.69) is 15.6 Å². The largest absolute Gasteiger partial charge is 0.349 e. The lowest BCUT2D eigenvalue weighted by atomic mass is 10.3. The SMILES string of the molecule is CCC(=O)Nc1ccc(C)n(CC(=O)NCc2ccccn2)c1=O. The van der Waals surface area contributed by atoms with Gasteiger partial charge in [0.05, 0.1) is 12.2 Å². The highest BCUT2D eigenvalue weighted by molar-refractivity contribution is 5.90. The number of aromatic nitrogens is 2. The summed E-state index contributed by atoms with van der Waals surface area (Å²) in [5.41, 5.74) is 1.15. The van der Waals surface area contributed by atoms with Gasteiger partial charge in [0.25, 0.3) is 5.56 Å². The Morgan fingerprint density at radius 3 is 2.62 bits per heavy atom. The number of anilines is 1. The van der Waals surface area contributed by atoms with Gasteiger partial charge in [-0.05, 0) is 31.2 Å². The van der Waals surface area contributed by atoms with E-state index < -0.39 is 5.56 Å².